The summed E-state index contributed by atoms with van der Waals surface area (Å²) in [5.41, 5.74) is 0.950. The number of aryl methyl sites for hydroxylation is 1. The number of nitrogens with one attached hydrogen (secondary N) is 1. The summed E-state index contributed by atoms with van der Waals surface area (Å²) in [5.74, 6) is 1.03. The Morgan fingerprint density at radius 3 is 2.82 bits per heavy atom. The van der Waals surface area contributed by atoms with Gasteiger partial charge in [-0.05, 0) is 36.3 Å². The van der Waals surface area contributed by atoms with Crippen molar-refractivity contribution in [1.29, 1.82) is 0 Å². The van der Waals surface area contributed by atoms with Crippen LogP contribution < -0.4 is 15.0 Å². The van der Waals surface area contributed by atoms with Crippen LogP contribution in [0.1, 0.15) is 26.6 Å². The van der Waals surface area contributed by atoms with Crippen LogP contribution in [-0.4, -0.2) is 36.3 Å². The van der Waals surface area contributed by atoms with Gasteiger partial charge in [-0.15, -0.1) is 11.3 Å². The number of esters is 1. The van der Waals surface area contributed by atoms with E-state index in [0.29, 0.717) is 45.4 Å². The summed E-state index contributed by atoms with van der Waals surface area (Å²) >= 11 is 7.50. The minimum Gasteiger partial charge on any atom is -0.486 e. The Morgan fingerprint density at radius 1 is 1.32 bits per heavy atom. The first-order valence-electron chi connectivity index (χ1n) is 8.37. The number of aromatic nitrogens is 2. The van der Waals surface area contributed by atoms with Crippen LogP contribution in [0.15, 0.2) is 23.0 Å². The average molecular weight is 419 g/mol. The molecule has 9 heteroatoms. The van der Waals surface area contributed by atoms with E-state index in [4.69, 9.17) is 25.8 Å². The molecule has 0 spiro atoms. The van der Waals surface area contributed by atoms with E-state index >= 15 is 0 Å². The van der Waals surface area contributed by atoms with Crippen molar-refractivity contribution in [2.75, 3.05) is 20.3 Å². The van der Waals surface area contributed by atoms with Crippen LogP contribution in [0.5, 0.6) is 11.5 Å². The molecule has 1 N–H and O–H groups in total. The maximum Gasteiger partial charge on any atom is 0.348 e. The summed E-state index contributed by atoms with van der Waals surface area (Å²) in [6.07, 6.45) is 1.67. The first-order chi connectivity index (χ1) is 13.5. The SMILES string of the molecule is COC(=O)c1sc2nc(C(Cl)=Cc3ccc4c(c3)OCCO4)[nH]c(=O)c2c1C. The van der Waals surface area contributed by atoms with Gasteiger partial charge in [0.25, 0.3) is 5.56 Å². The predicted octanol–water partition coefficient (Wildman–Crippen LogP) is 3.59. The number of carbonyl (C=O) groups excluding carboxylic acids is 1. The Bertz CT molecular complexity index is 1180. The molecule has 0 saturated carbocycles. The van der Waals surface area contributed by atoms with Crippen LogP contribution in [0.25, 0.3) is 21.3 Å². The number of hydrogen-bond donors (Lipinski definition) is 1. The molecular weight excluding hydrogens is 404 g/mol. The number of ether oxygens (including phenoxy) is 3. The second-order valence-electron chi connectivity index (χ2n) is 6.04. The second kappa shape index (κ2) is 7.29. The molecule has 1 aliphatic rings. The smallest absolute Gasteiger partial charge is 0.348 e. The summed E-state index contributed by atoms with van der Waals surface area (Å²) in [6, 6.07) is 5.43. The number of carbonyl (C=O) groups is 1. The molecule has 1 aliphatic heterocycles. The largest absolute Gasteiger partial charge is 0.486 e. The topological polar surface area (TPSA) is 90.5 Å². The van der Waals surface area contributed by atoms with E-state index in [1.165, 1.54) is 7.11 Å². The standard InChI is InChI=1S/C19H15ClN2O5S/c1-9-14-17(23)21-16(22-18(14)28-15(9)19(24)25-2)11(20)7-10-3-4-12-13(8-10)27-6-5-26-12/h3-4,7-8H,5-6H2,1-2H3,(H,21,22,23). The quantitative estimate of drug-likeness (QED) is 0.654. The molecule has 0 amide bonds. The molecule has 1 aromatic carbocycles. The average Bonchev–Trinajstić information content (AvgIpc) is 3.04. The van der Waals surface area contributed by atoms with Crippen LogP contribution in [0.4, 0.5) is 0 Å². The summed E-state index contributed by atoms with van der Waals surface area (Å²) in [5, 5.41) is 0.610. The normalized spacial score (nSPS) is 13.6. The predicted molar refractivity (Wildman–Crippen MR) is 107 cm³/mol. The van der Waals surface area contributed by atoms with Crippen LogP contribution in [0.2, 0.25) is 0 Å². The van der Waals surface area contributed by atoms with Crippen LogP contribution in [-0.2, 0) is 4.74 Å². The number of nitrogens with zero attached hydrogens (tertiary/aromatic N) is 1. The van der Waals surface area contributed by atoms with Crippen molar-refractivity contribution in [3.8, 4) is 11.5 Å². The molecule has 3 aromatic rings. The molecule has 0 unspecified atom stereocenters. The Kier molecular flexibility index (Phi) is 4.82. The van der Waals surface area contributed by atoms with E-state index in [-0.39, 0.29) is 16.4 Å². The lowest BCUT2D eigenvalue weighted by Gasteiger charge is -2.18. The van der Waals surface area contributed by atoms with Crippen molar-refractivity contribution in [1.82, 2.24) is 9.97 Å². The highest BCUT2D eigenvalue weighted by Gasteiger charge is 2.20. The highest BCUT2D eigenvalue weighted by atomic mass is 35.5. The fraction of sp³-hybridized carbons (Fsp3) is 0.211. The molecule has 4 rings (SSSR count). The van der Waals surface area contributed by atoms with Crippen molar-refractivity contribution >= 4 is 50.2 Å². The van der Waals surface area contributed by atoms with Gasteiger partial charge in [0, 0.05) is 0 Å². The Labute approximate surface area is 168 Å². The fourth-order valence-corrected chi connectivity index (χ4v) is 4.22. The van der Waals surface area contributed by atoms with E-state index in [1.807, 2.05) is 6.07 Å². The Morgan fingerprint density at radius 2 is 2.07 bits per heavy atom. The highest BCUT2D eigenvalue weighted by Crippen LogP contribution is 2.33. The monoisotopic (exact) mass is 418 g/mol. The van der Waals surface area contributed by atoms with E-state index in [1.54, 1.807) is 25.1 Å². The van der Waals surface area contributed by atoms with Gasteiger partial charge >= 0.3 is 5.97 Å². The molecule has 0 atom stereocenters. The number of thiophene rings is 1. The van der Waals surface area contributed by atoms with E-state index < -0.39 is 5.97 Å². The van der Waals surface area contributed by atoms with Crippen LogP contribution in [0, 0.1) is 6.92 Å². The van der Waals surface area contributed by atoms with Crippen molar-refractivity contribution < 1.29 is 19.0 Å². The van der Waals surface area contributed by atoms with Gasteiger partial charge in [-0.25, -0.2) is 9.78 Å². The summed E-state index contributed by atoms with van der Waals surface area (Å²) in [7, 11) is 1.29. The van der Waals surface area contributed by atoms with Crippen molar-refractivity contribution in [2.45, 2.75) is 6.92 Å². The summed E-state index contributed by atoms with van der Waals surface area (Å²) in [6.45, 7) is 2.69. The van der Waals surface area contributed by atoms with Crippen molar-refractivity contribution in [2.24, 2.45) is 0 Å². The molecule has 3 heterocycles. The molecule has 0 aliphatic carbocycles. The second-order valence-corrected chi connectivity index (χ2v) is 7.44. The minimum absolute atomic E-state index is 0.215. The van der Waals surface area contributed by atoms with Gasteiger partial charge < -0.3 is 19.2 Å². The zero-order valence-electron chi connectivity index (χ0n) is 15.0. The van der Waals surface area contributed by atoms with E-state index in [9.17, 15) is 9.59 Å². The van der Waals surface area contributed by atoms with Crippen LogP contribution >= 0.6 is 22.9 Å². The zero-order valence-corrected chi connectivity index (χ0v) is 16.6. The molecule has 0 radical (unpaired) electrons. The van der Waals surface area contributed by atoms with E-state index in [0.717, 1.165) is 16.9 Å². The number of fused-ring (bicyclic) bond motifs is 2. The molecule has 0 bridgehead atoms. The third-order valence-electron chi connectivity index (χ3n) is 4.26. The molecule has 7 nitrogen and oxygen atoms in total. The van der Waals surface area contributed by atoms with Gasteiger partial charge in [-0.1, -0.05) is 17.7 Å². The minimum atomic E-state index is -0.501. The van der Waals surface area contributed by atoms with Gasteiger partial charge in [0.15, 0.2) is 17.3 Å². The summed E-state index contributed by atoms with van der Waals surface area (Å²) < 4.78 is 15.8. The fourth-order valence-electron chi connectivity index (χ4n) is 2.91. The maximum atomic E-state index is 12.5. The van der Waals surface area contributed by atoms with E-state index in [2.05, 4.69) is 9.97 Å². The molecule has 144 valence electrons. The Hall–Kier alpha value is -2.84. The lowest BCUT2D eigenvalue weighted by atomic mass is 10.1. The number of H-pyrrole nitrogens is 1. The number of methoxy groups -OCH3 is 1. The lowest BCUT2D eigenvalue weighted by molar-refractivity contribution is 0.0605. The number of rotatable bonds is 3. The third-order valence-corrected chi connectivity index (χ3v) is 5.71. The molecule has 0 fully saturated rings. The van der Waals surface area contributed by atoms with Gasteiger partial charge in [-0.2, -0.15) is 0 Å². The first-order valence-corrected chi connectivity index (χ1v) is 9.56. The van der Waals surface area contributed by atoms with Crippen molar-refractivity contribution in [3.05, 3.63) is 50.4 Å². The van der Waals surface area contributed by atoms with Gasteiger partial charge in [0.05, 0.1) is 17.5 Å². The number of benzene rings is 1. The highest BCUT2D eigenvalue weighted by molar-refractivity contribution is 7.20. The van der Waals surface area contributed by atoms with Gasteiger partial charge in [0.1, 0.15) is 22.9 Å². The van der Waals surface area contributed by atoms with Gasteiger partial charge in [-0.3, -0.25) is 4.79 Å². The first kappa shape index (κ1) is 18.5. The maximum absolute atomic E-state index is 12.5. The Balaban J connectivity index is 1.75. The molecule has 0 saturated heterocycles. The van der Waals surface area contributed by atoms with Gasteiger partial charge in [0.2, 0.25) is 0 Å². The number of hydrogen-bond acceptors (Lipinski definition) is 7. The molecular formula is C19H15ClN2O5S. The third kappa shape index (κ3) is 3.25. The number of aromatic amines is 1. The zero-order chi connectivity index (χ0) is 19.8. The lowest BCUT2D eigenvalue weighted by Crippen LogP contribution is -2.15. The van der Waals surface area contributed by atoms with Crippen molar-refractivity contribution in [3.63, 3.8) is 0 Å². The molecule has 2 aromatic heterocycles. The summed E-state index contributed by atoms with van der Waals surface area (Å²) in [4.78, 5) is 32.3. The number of halogens is 1. The van der Waals surface area contributed by atoms with Crippen LogP contribution in [0.3, 0.4) is 0 Å². The molecule has 28 heavy (non-hydrogen) atoms.